The number of hydrogen-bond donors (Lipinski definition) is 1. The van der Waals surface area contributed by atoms with Gasteiger partial charge in [-0.05, 0) is 38.8 Å². The highest BCUT2D eigenvalue weighted by molar-refractivity contribution is 5.77. The number of rotatable bonds is 3. The molecule has 1 fully saturated rings. The fourth-order valence-corrected chi connectivity index (χ4v) is 2.40. The summed E-state index contributed by atoms with van der Waals surface area (Å²) in [6.45, 7) is 3.94. The third kappa shape index (κ3) is 2.01. The standard InChI is InChI=1S/C14H18FN3/c1-14(2,16)8-12-17-13-10(15)4-3-5-11(13)18(12)9-6-7-9/h3-5,9H,6-8,16H2,1-2H3. The first-order valence-corrected chi connectivity index (χ1v) is 6.40. The highest BCUT2D eigenvalue weighted by Gasteiger charge is 2.30. The minimum Gasteiger partial charge on any atom is -0.325 e. The molecule has 96 valence electrons. The zero-order chi connectivity index (χ0) is 12.9. The van der Waals surface area contributed by atoms with Crippen molar-refractivity contribution in [3.8, 4) is 0 Å². The van der Waals surface area contributed by atoms with E-state index in [0.29, 0.717) is 18.0 Å². The largest absolute Gasteiger partial charge is 0.325 e. The highest BCUT2D eigenvalue weighted by Crippen LogP contribution is 2.39. The predicted molar refractivity (Wildman–Crippen MR) is 69.9 cm³/mol. The van der Waals surface area contributed by atoms with Crippen molar-refractivity contribution in [2.75, 3.05) is 0 Å². The van der Waals surface area contributed by atoms with Gasteiger partial charge in [0.25, 0.3) is 0 Å². The number of imidazole rings is 1. The smallest absolute Gasteiger partial charge is 0.151 e. The van der Waals surface area contributed by atoms with Crippen molar-refractivity contribution < 1.29 is 4.39 Å². The lowest BCUT2D eigenvalue weighted by atomic mass is 10.0. The Hall–Kier alpha value is -1.42. The number of nitrogens with zero attached hydrogens (tertiary/aromatic N) is 2. The SMILES string of the molecule is CC(C)(N)Cc1nc2c(F)cccc2n1C1CC1. The van der Waals surface area contributed by atoms with Crippen LogP contribution in [-0.2, 0) is 6.42 Å². The summed E-state index contributed by atoms with van der Waals surface area (Å²) in [4.78, 5) is 4.47. The van der Waals surface area contributed by atoms with Crippen LogP contribution in [0.5, 0.6) is 0 Å². The van der Waals surface area contributed by atoms with E-state index in [0.717, 1.165) is 24.2 Å². The van der Waals surface area contributed by atoms with E-state index in [1.165, 1.54) is 6.07 Å². The maximum Gasteiger partial charge on any atom is 0.151 e. The Balaban J connectivity index is 2.18. The van der Waals surface area contributed by atoms with E-state index in [-0.39, 0.29) is 11.4 Å². The molecule has 0 aliphatic heterocycles. The molecular weight excluding hydrogens is 229 g/mol. The topological polar surface area (TPSA) is 43.8 Å². The lowest BCUT2D eigenvalue weighted by Gasteiger charge is -2.18. The first-order valence-electron chi connectivity index (χ1n) is 6.40. The second kappa shape index (κ2) is 3.79. The number of halogens is 1. The van der Waals surface area contributed by atoms with Crippen molar-refractivity contribution in [1.82, 2.24) is 9.55 Å². The quantitative estimate of drug-likeness (QED) is 0.906. The molecule has 0 amide bonds. The summed E-state index contributed by atoms with van der Waals surface area (Å²) in [6.07, 6.45) is 2.97. The fourth-order valence-electron chi connectivity index (χ4n) is 2.40. The number of nitrogens with two attached hydrogens (primary N) is 1. The van der Waals surface area contributed by atoms with E-state index in [4.69, 9.17) is 5.73 Å². The zero-order valence-electron chi connectivity index (χ0n) is 10.8. The fraction of sp³-hybridized carbons (Fsp3) is 0.500. The number of fused-ring (bicyclic) bond motifs is 1. The van der Waals surface area contributed by atoms with Crippen molar-refractivity contribution in [2.24, 2.45) is 5.73 Å². The van der Waals surface area contributed by atoms with Crippen LogP contribution in [0.4, 0.5) is 4.39 Å². The third-order valence-corrected chi connectivity index (χ3v) is 3.27. The Kier molecular flexibility index (Phi) is 2.45. The second-order valence-corrected chi connectivity index (χ2v) is 5.90. The van der Waals surface area contributed by atoms with Gasteiger partial charge in [0.05, 0.1) is 5.52 Å². The van der Waals surface area contributed by atoms with Gasteiger partial charge in [-0.1, -0.05) is 6.07 Å². The minimum atomic E-state index is -0.329. The van der Waals surface area contributed by atoms with E-state index < -0.39 is 0 Å². The Morgan fingerprint density at radius 1 is 1.44 bits per heavy atom. The maximum atomic E-state index is 13.8. The van der Waals surface area contributed by atoms with Crippen molar-refractivity contribution >= 4 is 11.0 Å². The summed E-state index contributed by atoms with van der Waals surface area (Å²) >= 11 is 0. The van der Waals surface area contributed by atoms with Gasteiger partial charge in [-0.3, -0.25) is 0 Å². The van der Waals surface area contributed by atoms with Crippen LogP contribution in [0.15, 0.2) is 18.2 Å². The molecule has 18 heavy (non-hydrogen) atoms. The molecule has 0 unspecified atom stereocenters. The molecule has 1 aromatic carbocycles. The lowest BCUT2D eigenvalue weighted by molar-refractivity contribution is 0.488. The Labute approximate surface area is 106 Å². The molecule has 0 bridgehead atoms. The van der Waals surface area contributed by atoms with Crippen LogP contribution in [0.3, 0.4) is 0 Å². The van der Waals surface area contributed by atoms with E-state index in [9.17, 15) is 4.39 Å². The van der Waals surface area contributed by atoms with Crippen LogP contribution in [0.25, 0.3) is 11.0 Å². The van der Waals surface area contributed by atoms with Gasteiger partial charge in [-0.15, -0.1) is 0 Å². The monoisotopic (exact) mass is 247 g/mol. The van der Waals surface area contributed by atoms with Crippen molar-refractivity contribution in [3.63, 3.8) is 0 Å². The van der Waals surface area contributed by atoms with Crippen LogP contribution < -0.4 is 5.73 Å². The normalized spacial score (nSPS) is 16.4. The number of para-hydroxylation sites is 1. The molecule has 0 radical (unpaired) electrons. The molecule has 1 aliphatic rings. The molecule has 0 saturated heterocycles. The van der Waals surface area contributed by atoms with Crippen molar-refractivity contribution in [2.45, 2.75) is 44.7 Å². The molecule has 1 heterocycles. The van der Waals surface area contributed by atoms with Gasteiger partial charge < -0.3 is 10.3 Å². The molecule has 1 saturated carbocycles. The molecule has 2 N–H and O–H groups in total. The Morgan fingerprint density at radius 2 is 2.17 bits per heavy atom. The molecule has 0 spiro atoms. The van der Waals surface area contributed by atoms with Crippen LogP contribution in [-0.4, -0.2) is 15.1 Å². The summed E-state index contributed by atoms with van der Waals surface area (Å²) in [7, 11) is 0. The van der Waals surface area contributed by atoms with Gasteiger partial charge in [0, 0.05) is 18.0 Å². The van der Waals surface area contributed by atoms with Crippen molar-refractivity contribution in [1.29, 1.82) is 0 Å². The molecule has 1 aliphatic carbocycles. The number of hydrogen-bond acceptors (Lipinski definition) is 2. The Bertz CT molecular complexity index is 591. The number of aromatic nitrogens is 2. The van der Waals surface area contributed by atoms with Gasteiger partial charge in [-0.25, -0.2) is 9.37 Å². The highest BCUT2D eigenvalue weighted by atomic mass is 19.1. The summed E-state index contributed by atoms with van der Waals surface area (Å²) < 4.78 is 16.0. The average Bonchev–Trinajstić information content (AvgIpc) is 3.00. The molecule has 1 aromatic heterocycles. The average molecular weight is 247 g/mol. The molecule has 0 atom stereocenters. The predicted octanol–water partition coefficient (Wildman–Crippen LogP) is 2.79. The molecular formula is C14H18FN3. The van der Waals surface area contributed by atoms with Crippen LogP contribution in [0, 0.1) is 5.82 Å². The summed E-state index contributed by atoms with van der Waals surface area (Å²) in [6, 6.07) is 5.63. The van der Waals surface area contributed by atoms with Crippen LogP contribution in [0.1, 0.15) is 38.6 Å². The second-order valence-electron chi connectivity index (χ2n) is 5.90. The van der Waals surface area contributed by atoms with E-state index in [1.54, 1.807) is 6.07 Å². The van der Waals surface area contributed by atoms with Gasteiger partial charge in [-0.2, -0.15) is 0 Å². The van der Waals surface area contributed by atoms with Crippen molar-refractivity contribution in [3.05, 3.63) is 29.8 Å². The lowest BCUT2D eigenvalue weighted by Crippen LogP contribution is -2.35. The summed E-state index contributed by atoms with van der Waals surface area (Å²) in [5.74, 6) is 0.660. The van der Waals surface area contributed by atoms with Gasteiger partial charge in [0.2, 0.25) is 0 Å². The first kappa shape index (κ1) is 11.7. The zero-order valence-corrected chi connectivity index (χ0v) is 10.8. The van der Waals surface area contributed by atoms with Crippen LogP contribution in [0.2, 0.25) is 0 Å². The molecule has 3 rings (SSSR count). The summed E-state index contributed by atoms with van der Waals surface area (Å²) in [5, 5.41) is 0. The van der Waals surface area contributed by atoms with Gasteiger partial charge in [0.15, 0.2) is 5.82 Å². The molecule has 3 nitrogen and oxygen atoms in total. The third-order valence-electron chi connectivity index (χ3n) is 3.27. The first-order chi connectivity index (χ1) is 8.46. The van der Waals surface area contributed by atoms with Gasteiger partial charge >= 0.3 is 0 Å². The molecule has 4 heteroatoms. The maximum absolute atomic E-state index is 13.8. The van der Waals surface area contributed by atoms with Gasteiger partial charge in [0.1, 0.15) is 11.3 Å². The Morgan fingerprint density at radius 3 is 2.78 bits per heavy atom. The minimum absolute atomic E-state index is 0.247. The van der Waals surface area contributed by atoms with E-state index >= 15 is 0 Å². The summed E-state index contributed by atoms with van der Waals surface area (Å²) in [5.41, 5.74) is 7.12. The van der Waals surface area contributed by atoms with Crippen LogP contribution >= 0.6 is 0 Å². The van der Waals surface area contributed by atoms with E-state index in [1.807, 2.05) is 19.9 Å². The number of benzene rings is 1. The van der Waals surface area contributed by atoms with E-state index in [2.05, 4.69) is 9.55 Å². The molecule has 2 aromatic rings.